The first-order valence-electron chi connectivity index (χ1n) is 4.73. The first kappa shape index (κ1) is 9.48. The number of nitrogen functional groups attached to an aromatic ring is 1. The fourth-order valence-corrected chi connectivity index (χ4v) is 1.75. The van der Waals surface area contributed by atoms with Crippen molar-refractivity contribution in [3.05, 3.63) is 12.0 Å². The second-order valence-corrected chi connectivity index (χ2v) is 3.55. The summed E-state index contributed by atoms with van der Waals surface area (Å²) in [7, 11) is 1.75. The van der Waals surface area contributed by atoms with E-state index >= 15 is 0 Å². The molecule has 2 N–H and O–H groups in total. The van der Waals surface area contributed by atoms with Crippen LogP contribution in [0, 0.1) is 0 Å². The molecule has 1 aliphatic rings. The number of hydrogen-bond donors (Lipinski definition) is 1. The first-order chi connectivity index (χ1) is 6.78. The number of methoxy groups -OCH3 is 1. The van der Waals surface area contributed by atoms with Crippen molar-refractivity contribution in [2.75, 3.05) is 25.9 Å². The van der Waals surface area contributed by atoms with Crippen molar-refractivity contribution in [3.63, 3.8) is 0 Å². The third-order valence-electron chi connectivity index (χ3n) is 2.51. The molecular formula is C9H15N3O2. The minimum atomic E-state index is 0.238. The molecule has 14 heavy (non-hydrogen) atoms. The van der Waals surface area contributed by atoms with Crippen LogP contribution in [0.1, 0.15) is 12.2 Å². The third kappa shape index (κ3) is 2.05. The molecule has 1 atom stereocenters. The predicted molar refractivity (Wildman–Crippen MR) is 51.6 cm³/mol. The Kier molecular flexibility index (Phi) is 2.69. The van der Waals surface area contributed by atoms with Crippen LogP contribution in [-0.4, -0.2) is 36.2 Å². The van der Waals surface area contributed by atoms with Crippen LogP contribution in [-0.2, 0) is 11.3 Å². The molecule has 0 saturated carbocycles. The van der Waals surface area contributed by atoms with Crippen molar-refractivity contribution in [2.24, 2.45) is 0 Å². The van der Waals surface area contributed by atoms with Gasteiger partial charge in [-0.1, -0.05) is 0 Å². The summed E-state index contributed by atoms with van der Waals surface area (Å²) in [6.07, 6.45) is 3.12. The summed E-state index contributed by atoms with van der Waals surface area (Å²) in [5.41, 5.74) is 5.39. The minimum Gasteiger partial charge on any atom is -0.428 e. The van der Waals surface area contributed by atoms with Crippen LogP contribution in [0.4, 0.5) is 6.01 Å². The summed E-state index contributed by atoms with van der Waals surface area (Å²) in [5.74, 6) is 0.819. The Morgan fingerprint density at radius 2 is 2.64 bits per heavy atom. The molecule has 0 radical (unpaired) electrons. The number of ether oxygens (including phenoxy) is 1. The van der Waals surface area contributed by atoms with Gasteiger partial charge in [-0.2, -0.15) is 0 Å². The molecule has 78 valence electrons. The highest BCUT2D eigenvalue weighted by molar-refractivity contribution is 5.10. The van der Waals surface area contributed by atoms with E-state index in [1.807, 2.05) is 0 Å². The maximum absolute atomic E-state index is 5.39. The smallest absolute Gasteiger partial charge is 0.292 e. The van der Waals surface area contributed by atoms with Crippen LogP contribution < -0.4 is 5.73 Å². The molecule has 1 aromatic rings. The van der Waals surface area contributed by atoms with E-state index < -0.39 is 0 Å². The molecule has 2 rings (SSSR count). The normalized spacial score (nSPS) is 23.1. The molecule has 1 aromatic heterocycles. The molecule has 0 aromatic carbocycles. The standard InChI is InChI=1S/C9H15N3O2/c1-13-7-2-3-12(5-7)6-8-4-11-9(10)14-8/h4,7H,2-3,5-6H2,1H3,(H2,10,11)/t7-/m0/s1. The average Bonchev–Trinajstić information content (AvgIpc) is 2.76. The van der Waals surface area contributed by atoms with Gasteiger partial charge < -0.3 is 14.9 Å². The van der Waals surface area contributed by atoms with Crippen LogP contribution in [0.5, 0.6) is 0 Å². The summed E-state index contributed by atoms with van der Waals surface area (Å²) in [4.78, 5) is 6.12. The summed E-state index contributed by atoms with van der Waals surface area (Å²) in [6.45, 7) is 2.76. The van der Waals surface area contributed by atoms with Crippen LogP contribution >= 0.6 is 0 Å². The summed E-state index contributed by atoms with van der Waals surface area (Å²) < 4.78 is 10.5. The molecule has 2 heterocycles. The van der Waals surface area contributed by atoms with E-state index in [1.54, 1.807) is 13.3 Å². The molecule has 1 saturated heterocycles. The van der Waals surface area contributed by atoms with E-state index in [0.717, 1.165) is 31.8 Å². The highest BCUT2D eigenvalue weighted by Gasteiger charge is 2.22. The quantitative estimate of drug-likeness (QED) is 0.763. The van der Waals surface area contributed by atoms with E-state index in [0.29, 0.717) is 6.10 Å². The van der Waals surface area contributed by atoms with E-state index in [4.69, 9.17) is 14.9 Å². The Balaban J connectivity index is 1.87. The van der Waals surface area contributed by atoms with Crippen molar-refractivity contribution < 1.29 is 9.15 Å². The number of nitrogens with two attached hydrogens (primary N) is 1. The highest BCUT2D eigenvalue weighted by Crippen LogP contribution is 2.16. The summed E-state index contributed by atoms with van der Waals surface area (Å²) in [5, 5.41) is 0. The van der Waals surface area contributed by atoms with Gasteiger partial charge >= 0.3 is 0 Å². The minimum absolute atomic E-state index is 0.238. The van der Waals surface area contributed by atoms with Crippen LogP contribution in [0.15, 0.2) is 10.6 Å². The number of aromatic nitrogens is 1. The Bertz CT molecular complexity index is 300. The first-order valence-corrected chi connectivity index (χ1v) is 4.73. The number of rotatable bonds is 3. The number of hydrogen-bond acceptors (Lipinski definition) is 5. The van der Waals surface area contributed by atoms with Gasteiger partial charge in [-0.15, -0.1) is 0 Å². The molecule has 0 aliphatic carbocycles. The number of likely N-dealkylation sites (tertiary alicyclic amines) is 1. The topological polar surface area (TPSA) is 64.5 Å². The molecule has 5 heteroatoms. The Morgan fingerprint density at radius 1 is 1.79 bits per heavy atom. The number of nitrogens with zero attached hydrogens (tertiary/aromatic N) is 2. The maximum atomic E-state index is 5.39. The molecule has 1 aliphatic heterocycles. The lowest BCUT2D eigenvalue weighted by Crippen LogP contribution is -2.22. The monoisotopic (exact) mass is 197 g/mol. The van der Waals surface area contributed by atoms with Gasteiger partial charge in [0.25, 0.3) is 6.01 Å². The van der Waals surface area contributed by atoms with Gasteiger partial charge in [-0.05, 0) is 6.42 Å². The van der Waals surface area contributed by atoms with E-state index in [1.165, 1.54) is 0 Å². The van der Waals surface area contributed by atoms with Gasteiger partial charge in [-0.25, -0.2) is 4.98 Å². The van der Waals surface area contributed by atoms with Crippen LogP contribution in [0.25, 0.3) is 0 Å². The van der Waals surface area contributed by atoms with Gasteiger partial charge in [-0.3, -0.25) is 4.90 Å². The van der Waals surface area contributed by atoms with Gasteiger partial charge in [0.05, 0.1) is 18.8 Å². The van der Waals surface area contributed by atoms with Crippen LogP contribution in [0.2, 0.25) is 0 Å². The van der Waals surface area contributed by atoms with Crippen molar-refractivity contribution in [2.45, 2.75) is 19.1 Å². The van der Waals surface area contributed by atoms with Gasteiger partial charge in [0.15, 0.2) is 0 Å². The number of anilines is 1. The Labute approximate surface area is 82.8 Å². The second-order valence-electron chi connectivity index (χ2n) is 3.55. The van der Waals surface area contributed by atoms with Crippen molar-refractivity contribution in [3.8, 4) is 0 Å². The maximum Gasteiger partial charge on any atom is 0.292 e. The lowest BCUT2D eigenvalue weighted by molar-refractivity contribution is 0.106. The Morgan fingerprint density at radius 3 is 3.21 bits per heavy atom. The SMILES string of the molecule is CO[C@H]1CCN(Cc2cnc(N)o2)C1. The van der Waals surface area contributed by atoms with Crippen LogP contribution in [0.3, 0.4) is 0 Å². The molecule has 1 fully saturated rings. The highest BCUT2D eigenvalue weighted by atomic mass is 16.5. The van der Waals surface area contributed by atoms with E-state index in [-0.39, 0.29) is 6.01 Å². The van der Waals surface area contributed by atoms with Gasteiger partial charge in [0.1, 0.15) is 5.76 Å². The molecule has 0 bridgehead atoms. The third-order valence-corrected chi connectivity index (χ3v) is 2.51. The summed E-state index contributed by atoms with van der Waals surface area (Å²) in [6, 6.07) is 0.238. The zero-order valence-electron chi connectivity index (χ0n) is 8.27. The fourth-order valence-electron chi connectivity index (χ4n) is 1.75. The lowest BCUT2D eigenvalue weighted by Gasteiger charge is -2.12. The fraction of sp³-hybridized carbons (Fsp3) is 0.667. The van der Waals surface area contributed by atoms with Crippen molar-refractivity contribution in [1.29, 1.82) is 0 Å². The average molecular weight is 197 g/mol. The number of oxazole rings is 1. The predicted octanol–water partition coefficient (Wildman–Crippen LogP) is 0.478. The van der Waals surface area contributed by atoms with E-state index in [9.17, 15) is 0 Å². The molecular weight excluding hydrogens is 182 g/mol. The van der Waals surface area contributed by atoms with Crippen molar-refractivity contribution >= 4 is 6.01 Å². The molecule has 0 spiro atoms. The summed E-state index contributed by atoms with van der Waals surface area (Å²) >= 11 is 0. The largest absolute Gasteiger partial charge is 0.428 e. The Hall–Kier alpha value is -1.07. The molecule has 0 amide bonds. The van der Waals surface area contributed by atoms with Gasteiger partial charge in [0.2, 0.25) is 0 Å². The van der Waals surface area contributed by atoms with Gasteiger partial charge in [0, 0.05) is 20.2 Å². The molecule has 5 nitrogen and oxygen atoms in total. The zero-order valence-corrected chi connectivity index (χ0v) is 8.27. The molecule has 0 unspecified atom stereocenters. The lowest BCUT2D eigenvalue weighted by atomic mass is 10.3. The zero-order chi connectivity index (χ0) is 9.97. The van der Waals surface area contributed by atoms with E-state index in [2.05, 4.69) is 9.88 Å². The second kappa shape index (κ2) is 3.98. The van der Waals surface area contributed by atoms with Crippen molar-refractivity contribution in [1.82, 2.24) is 9.88 Å².